The first kappa shape index (κ1) is 15.2. The van der Waals surface area contributed by atoms with Crippen LogP contribution in [0.4, 0.5) is 5.69 Å². The van der Waals surface area contributed by atoms with Gasteiger partial charge in [-0.2, -0.15) is 5.10 Å². The van der Waals surface area contributed by atoms with E-state index in [2.05, 4.69) is 10.5 Å². The van der Waals surface area contributed by atoms with Crippen molar-refractivity contribution in [3.8, 4) is 0 Å². The van der Waals surface area contributed by atoms with E-state index in [1.54, 1.807) is 6.21 Å². The Labute approximate surface area is 135 Å². The highest BCUT2D eigenvalue weighted by Crippen LogP contribution is 2.09. The topological polar surface area (TPSA) is 53.9 Å². The summed E-state index contributed by atoms with van der Waals surface area (Å²) in [5.41, 5.74) is 5.53. The van der Waals surface area contributed by atoms with E-state index in [0.717, 1.165) is 11.3 Å². The van der Waals surface area contributed by atoms with Crippen molar-refractivity contribution < 1.29 is 9.53 Å². The molecule has 0 atom stereocenters. The van der Waals surface area contributed by atoms with Gasteiger partial charge in [0.15, 0.2) is 0 Å². The van der Waals surface area contributed by atoms with E-state index < -0.39 is 0 Å². The molecule has 1 N–H and O–H groups in total. The van der Waals surface area contributed by atoms with Crippen LogP contribution in [0, 0.1) is 0 Å². The number of hydrazone groups is 1. The number of amides is 1. The number of carbonyl (C=O) groups excluding carboxylic acids is 1. The molecule has 0 aromatic heterocycles. The van der Waals surface area contributed by atoms with Crippen LogP contribution < -0.4 is 5.43 Å². The molecule has 1 aliphatic heterocycles. The number of nitrogens with one attached hydrogen (secondary N) is 1. The largest absolute Gasteiger partial charge is 0.378 e. The Morgan fingerprint density at radius 3 is 2.43 bits per heavy atom. The minimum Gasteiger partial charge on any atom is -0.378 e. The standard InChI is InChI=1S/C18H19N3O2/c22-18(21-10-12-23-13-11-21)16-8-6-15(7-9-16)14-19-20-17-4-2-1-3-5-17/h1-9,14,20H,10-13H2. The van der Waals surface area contributed by atoms with Crippen molar-refractivity contribution in [2.24, 2.45) is 5.10 Å². The number of hydrogen-bond acceptors (Lipinski definition) is 4. The summed E-state index contributed by atoms with van der Waals surface area (Å²) >= 11 is 0. The first-order valence-corrected chi connectivity index (χ1v) is 7.64. The van der Waals surface area contributed by atoms with Crippen molar-refractivity contribution in [2.75, 3.05) is 31.7 Å². The second kappa shape index (κ2) is 7.56. The van der Waals surface area contributed by atoms with Crippen molar-refractivity contribution in [3.05, 3.63) is 65.7 Å². The molecule has 0 unspecified atom stereocenters. The zero-order valence-corrected chi connectivity index (χ0v) is 12.8. The van der Waals surface area contributed by atoms with E-state index in [1.165, 1.54) is 0 Å². The second-order valence-corrected chi connectivity index (χ2v) is 5.26. The second-order valence-electron chi connectivity index (χ2n) is 5.26. The summed E-state index contributed by atoms with van der Waals surface area (Å²) in [6.45, 7) is 2.54. The van der Waals surface area contributed by atoms with Gasteiger partial charge >= 0.3 is 0 Å². The van der Waals surface area contributed by atoms with E-state index in [0.29, 0.717) is 31.9 Å². The van der Waals surface area contributed by atoms with Gasteiger partial charge in [-0.15, -0.1) is 0 Å². The summed E-state index contributed by atoms with van der Waals surface area (Å²) in [6, 6.07) is 17.2. The Kier molecular flexibility index (Phi) is 5.01. The zero-order valence-electron chi connectivity index (χ0n) is 12.8. The van der Waals surface area contributed by atoms with Crippen LogP contribution in [0.2, 0.25) is 0 Å². The summed E-state index contributed by atoms with van der Waals surface area (Å²) in [4.78, 5) is 14.2. The van der Waals surface area contributed by atoms with Crippen molar-refractivity contribution >= 4 is 17.8 Å². The summed E-state index contributed by atoms with van der Waals surface area (Å²) in [7, 11) is 0. The number of para-hydroxylation sites is 1. The number of rotatable bonds is 4. The first-order valence-electron chi connectivity index (χ1n) is 7.64. The zero-order chi connectivity index (χ0) is 15.9. The molecule has 1 heterocycles. The average Bonchev–Trinajstić information content (AvgIpc) is 2.63. The van der Waals surface area contributed by atoms with Crippen LogP contribution in [-0.4, -0.2) is 43.3 Å². The molecule has 3 rings (SSSR count). The van der Waals surface area contributed by atoms with Crippen LogP contribution in [0.5, 0.6) is 0 Å². The van der Waals surface area contributed by atoms with Crippen LogP contribution in [0.25, 0.3) is 0 Å². The highest BCUT2D eigenvalue weighted by atomic mass is 16.5. The molecule has 118 valence electrons. The van der Waals surface area contributed by atoms with E-state index in [-0.39, 0.29) is 5.91 Å². The molecule has 23 heavy (non-hydrogen) atoms. The molecule has 5 nitrogen and oxygen atoms in total. The van der Waals surface area contributed by atoms with Crippen LogP contribution in [0.3, 0.4) is 0 Å². The molecular formula is C18H19N3O2. The Hall–Kier alpha value is -2.66. The van der Waals surface area contributed by atoms with Crippen LogP contribution in [0.1, 0.15) is 15.9 Å². The van der Waals surface area contributed by atoms with Gasteiger partial charge in [-0.25, -0.2) is 0 Å². The van der Waals surface area contributed by atoms with E-state index in [1.807, 2.05) is 59.5 Å². The fraction of sp³-hybridized carbons (Fsp3) is 0.222. The molecule has 0 aliphatic carbocycles. The van der Waals surface area contributed by atoms with Crippen LogP contribution in [-0.2, 0) is 4.74 Å². The number of anilines is 1. The molecule has 0 radical (unpaired) electrons. The Bertz CT molecular complexity index is 662. The molecule has 1 saturated heterocycles. The molecule has 0 spiro atoms. The lowest BCUT2D eigenvalue weighted by atomic mass is 10.1. The third kappa shape index (κ3) is 4.17. The molecule has 1 amide bonds. The highest BCUT2D eigenvalue weighted by Gasteiger charge is 2.17. The summed E-state index contributed by atoms with van der Waals surface area (Å²) < 4.78 is 5.27. The van der Waals surface area contributed by atoms with Gasteiger partial charge in [-0.1, -0.05) is 30.3 Å². The molecule has 1 fully saturated rings. The number of benzene rings is 2. The van der Waals surface area contributed by atoms with Crippen molar-refractivity contribution in [1.29, 1.82) is 0 Å². The van der Waals surface area contributed by atoms with Gasteiger partial charge in [0.2, 0.25) is 0 Å². The lowest BCUT2D eigenvalue weighted by Gasteiger charge is -2.26. The van der Waals surface area contributed by atoms with Crippen LogP contribution in [0.15, 0.2) is 59.7 Å². The van der Waals surface area contributed by atoms with Gasteiger partial charge in [0.1, 0.15) is 0 Å². The Morgan fingerprint density at radius 1 is 1.04 bits per heavy atom. The molecule has 0 saturated carbocycles. The lowest BCUT2D eigenvalue weighted by molar-refractivity contribution is 0.0303. The number of nitrogens with zero attached hydrogens (tertiary/aromatic N) is 2. The van der Waals surface area contributed by atoms with E-state index >= 15 is 0 Å². The first-order chi connectivity index (χ1) is 11.3. The van der Waals surface area contributed by atoms with Gasteiger partial charge < -0.3 is 9.64 Å². The predicted octanol–water partition coefficient (Wildman–Crippen LogP) is 2.61. The minimum absolute atomic E-state index is 0.0548. The molecule has 0 bridgehead atoms. The smallest absolute Gasteiger partial charge is 0.254 e. The highest BCUT2D eigenvalue weighted by molar-refractivity contribution is 5.95. The summed E-state index contributed by atoms with van der Waals surface area (Å²) in [5, 5.41) is 4.19. The van der Waals surface area contributed by atoms with Gasteiger partial charge in [0.25, 0.3) is 5.91 Å². The maximum absolute atomic E-state index is 12.3. The lowest BCUT2D eigenvalue weighted by Crippen LogP contribution is -2.40. The fourth-order valence-corrected chi connectivity index (χ4v) is 2.35. The molecular weight excluding hydrogens is 290 g/mol. The van der Waals surface area contributed by atoms with Crippen molar-refractivity contribution in [2.45, 2.75) is 0 Å². The molecule has 1 aliphatic rings. The fourth-order valence-electron chi connectivity index (χ4n) is 2.35. The minimum atomic E-state index is 0.0548. The monoisotopic (exact) mass is 309 g/mol. The van der Waals surface area contributed by atoms with Crippen LogP contribution >= 0.6 is 0 Å². The van der Waals surface area contributed by atoms with Crippen molar-refractivity contribution in [3.63, 3.8) is 0 Å². The number of hydrogen-bond donors (Lipinski definition) is 1. The third-order valence-electron chi connectivity index (χ3n) is 3.64. The normalized spacial score (nSPS) is 14.9. The van der Waals surface area contributed by atoms with E-state index in [9.17, 15) is 4.79 Å². The quantitative estimate of drug-likeness (QED) is 0.698. The maximum Gasteiger partial charge on any atom is 0.254 e. The molecule has 5 heteroatoms. The summed E-state index contributed by atoms with van der Waals surface area (Å²) in [6.07, 6.45) is 1.73. The summed E-state index contributed by atoms with van der Waals surface area (Å²) in [5.74, 6) is 0.0548. The Morgan fingerprint density at radius 2 is 1.74 bits per heavy atom. The molecule has 2 aromatic carbocycles. The number of morpholine rings is 1. The van der Waals surface area contributed by atoms with Crippen molar-refractivity contribution in [1.82, 2.24) is 4.90 Å². The molecule has 2 aromatic rings. The van der Waals surface area contributed by atoms with Gasteiger partial charge in [0, 0.05) is 18.7 Å². The average molecular weight is 309 g/mol. The predicted molar refractivity (Wildman–Crippen MR) is 90.8 cm³/mol. The Balaban J connectivity index is 1.59. The number of ether oxygens (including phenoxy) is 1. The third-order valence-corrected chi connectivity index (χ3v) is 3.64. The van der Waals surface area contributed by atoms with E-state index in [4.69, 9.17) is 4.74 Å². The SMILES string of the molecule is O=C(c1ccc(C=NNc2ccccc2)cc1)N1CCOCC1. The number of carbonyl (C=O) groups is 1. The maximum atomic E-state index is 12.3. The van der Waals surface area contributed by atoms with Gasteiger partial charge in [-0.3, -0.25) is 10.2 Å². The van der Waals surface area contributed by atoms with Gasteiger partial charge in [0.05, 0.1) is 25.1 Å². The van der Waals surface area contributed by atoms with Gasteiger partial charge in [-0.05, 0) is 29.8 Å².